The Kier molecular flexibility index (Phi) is 3.35. The minimum absolute atomic E-state index is 0.129. The number of nitrogens with one attached hydrogen (secondary N) is 1. The van der Waals surface area contributed by atoms with Gasteiger partial charge in [-0.25, -0.2) is 0 Å². The Morgan fingerprint density at radius 1 is 1.14 bits per heavy atom. The topological polar surface area (TPSA) is 51.1 Å². The predicted octanol–water partition coefficient (Wildman–Crippen LogP) is 3.16. The zero-order valence-corrected chi connectivity index (χ0v) is 12.5. The van der Waals surface area contributed by atoms with Gasteiger partial charge in [-0.05, 0) is 18.4 Å². The van der Waals surface area contributed by atoms with Crippen LogP contribution in [-0.4, -0.2) is 10.5 Å². The second-order valence-electron chi connectivity index (χ2n) is 4.82. The molecule has 2 aromatic carbocycles. The van der Waals surface area contributed by atoms with Crippen molar-refractivity contribution in [2.75, 3.05) is 5.32 Å². The normalized spacial score (nSPS) is 10.8. The molecule has 1 aromatic heterocycles. The molecular weight excluding hydrogens is 284 g/mol. The first kappa shape index (κ1) is 13.6. The zero-order valence-electron chi connectivity index (χ0n) is 11.7. The van der Waals surface area contributed by atoms with Gasteiger partial charge in [0.05, 0.1) is 0 Å². The van der Waals surface area contributed by atoms with Gasteiger partial charge in [0, 0.05) is 23.8 Å². The van der Waals surface area contributed by atoms with Gasteiger partial charge < -0.3 is 9.88 Å². The second kappa shape index (κ2) is 5.18. The highest BCUT2D eigenvalue weighted by Gasteiger charge is 2.16. The molecule has 0 aliphatic heterocycles. The number of benzene rings is 2. The van der Waals surface area contributed by atoms with Crippen molar-refractivity contribution in [3.63, 3.8) is 0 Å². The van der Waals surface area contributed by atoms with Crippen molar-refractivity contribution in [3.05, 3.63) is 62.7 Å². The number of aromatic nitrogens is 1. The Morgan fingerprint density at radius 3 is 2.57 bits per heavy atom. The molecule has 0 bridgehead atoms. The number of rotatable bonds is 2. The minimum atomic E-state index is -0.244. The van der Waals surface area contributed by atoms with Crippen LogP contribution in [0.1, 0.15) is 15.4 Å². The predicted molar refractivity (Wildman–Crippen MR) is 86.2 cm³/mol. The van der Waals surface area contributed by atoms with Crippen LogP contribution in [0.4, 0.5) is 5.69 Å². The van der Waals surface area contributed by atoms with Crippen molar-refractivity contribution in [1.29, 1.82) is 0 Å². The summed E-state index contributed by atoms with van der Waals surface area (Å²) in [5, 5.41) is 4.95. The van der Waals surface area contributed by atoms with Crippen LogP contribution in [0.2, 0.25) is 0 Å². The van der Waals surface area contributed by atoms with Gasteiger partial charge >= 0.3 is 4.87 Å². The molecule has 5 heteroatoms. The van der Waals surface area contributed by atoms with E-state index < -0.39 is 0 Å². The first-order chi connectivity index (χ1) is 10.1. The first-order valence-corrected chi connectivity index (χ1v) is 7.35. The van der Waals surface area contributed by atoms with Gasteiger partial charge in [0.2, 0.25) is 0 Å². The van der Waals surface area contributed by atoms with Crippen molar-refractivity contribution in [2.45, 2.75) is 6.92 Å². The van der Waals surface area contributed by atoms with Gasteiger partial charge in [-0.2, -0.15) is 0 Å². The maximum atomic E-state index is 12.4. The maximum Gasteiger partial charge on any atom is 0.307 e. The third kappa shape index (κ3) is 2.36. The first-order valence-electron chi connectivity index (χ1n) is 6.53. The third-order valence-electron chi connectivity index (χ3n) is 3.54. The van der Waals surface area contributed by atoms with Gasteiger partial charge in [-0.15, -0.1) is 0 Å². The van der Waals surface area contributed by atoms with Crippen LogP contribution in [0.5, 0.6) is 0 Å². The number of amides is 1. The molecule has 0 saturated heterocycles. The average Bonchev–Trinajstić information content (AvgIpc) is 2.75. The molecule has 3 aromatic rings. The Morgan fingerprint density at radius 2 is 1.86 bits per heavy atom. The highest BCUT2D eigenvalue weighted by atomic mass is 32.1. The van der Waals surface area contributed by atoms with Crippen LogP contribution in [0, 0.1) is 6.92 Å². The summed E-state index contributed by atoms with van der Waals surface area (Å²) >= 11 is 0.969. The van der Waals surface area contributed by atoms with Gasteiger partial charge in [0.25, 0.3) is 5.91 Å². The van der Waals surface area contributed by atoms with E-state index in [1.54, 1.807) is 14.0 Å². The molecule has 0 fully saturated rings. The number of nitrogens with zero attached hydrogens (tertiary/aromatic N) is 1. The number of carbonyl (C=O) groups is 1. The molecule has 0 aliphatic carbocycles. The van der Waals surface area contributed by atoms with Crippen LogP contribution in [0.25, 0.3) is 10.8 Å². The van der Waals surface area contributed by atoms with E-state index in [0.717, 1.165) is 27.8 Å². The SMILES string of the molecule is Cc1c(C(=O)Nc2cccc3ccccc23)sc(=O)n1C. The highest BCUT2D eigenvalue weighted by molar-refractivity contribution is 7.11. The molecule has 1 heterocycles. The van der Waals surface area contributed by atoms with E-state index in [-0.39, 0.29) is 10.8 Å². The molecule has 0 aliphatic rings. The lowest BCUT2D eigenvalue weighted by Gasteiger charge is -2.08. The molecule has 0 radical (unpaired) electrons. The van der Waals surface area contributed by atoms with Crippen LogP contribution >= 0.6 is 11.3 Å². The molecular formula is C16H14N2O2S. The molecule has 106 valence electrons. The van der Waals surface area contributed by atoms with Crippen molar-refractivity contribution in [2.24, 2.45) is 7.05 Å². The molecule has 3 rings (SSSR count). The van der Waals surface area contributed by atoms with Crippen LogP contribution in [0.3, 0.4) is 0 Å². The summed E-state index contributed by atoms with van der Waals surface area (Å²) in [4.78, 5) is 24.3. The molecule has 0 spiro atoms. The third-order valence-corrected chi connectivity index (χ3v) is 4.67. The summed E-state index contributed by atoms with van der Waals surface area (Å²) in [6.07, 6.45) is 0. The van der Waals surface area contributed by atoms with Crippen LogP contribution < -0.4 is 10.2 Å². The molecule has 0 atom stereocenters. The smallest absolute Gasteiger partial charge is 0.307 e. The summed E-state index contributed by atoms with van der Waals surface area (Å²) in [7, 11) is 1.67. The Hall–Kier alpha value is -2.40. The standard InChI is InChI=1S/C16H14N2O2S/c1-10-14(21-16(20)18(10)2)15(19)17-13-9-5-7-11-6-3-4-8-12(11)13/h3-9H,1-2H3,(H,17,19). The largest absolute Gasteiger partial charge is 0.321 e. The molecule has 0 unspecified atom stereocenters. The van der Waals surface area contributed by atoms with Gasteiger partial charge in [0.15, 0.2) is 0 Å². The van der Waals surface area contributed by atoms with Gasteiger partial charge in [-0.1, -0.05) is 47.7 Å². The fourth-order valence-corrected chi connectivity index (χ4v) is 3.12. The Balaban J connectivity index is 2.00. The molecule has 1 amide bonds. The quantitative estimate of drug-likeness (QED) is 0.790. The van der Waals surface area contributed by atoms with Crippen molar-refractivity contribution in [3.8, 4) is 0 Å². The monoisotopic (exact) mass is 298 g/mol. The molecule has 4 nitrogen and oxygen atoms in total. The lowest BCUT2D eigenvalue weighted by Crippen LogP contribution is -2.13. The number of anilines is 1. The minimum Gasteiger partial charge on any atom is -0.321 e. The van der Waals surface area contributed by atoms with E-state index in [9.17, 15) is 9.59 Å². The number of hydrogen-bond acceptors (Lipinski definition) is 3. The van der Waals surface area contributed by atoms with E-state index >= 15 is 0 Å². The van der Waals surface area contributed by atoms with E-state index in [4.69, 9.17) is 0 Å². The number of thiazole rings is 1. The van der Waals surface area contributed by atoms with Crippen LogP contribution in [-0.2, 0) is 7.05 Å². The van der Waals surface area contributed by atoms with Crippen LogP contribution in [0.15, 0.2) is 47.3 Å². The lowest BCUT2D eigenvalue weighted by atomic mass is 10.1. The lowest BCUT2D eigenvalue weighted by molar-refractivity contribution is 0.102. The highest BCUT2D eigenvalue weighted by Crippen LogP contribution is 2.24. The summed E-state index contributed by atoms with van der Waals surface area (Å²) in [6.45, 7) is 1.77. The Bertz CT molecular complexity index is 887. The van der Waals surface area contributed by atoms with Gasteiger partial charge in [0.1, 0.15) is 4.88 Å². The zero-order chi connectivity index (χ0) is 15.0. The number of hydrogen-bond donors (Lipinski definition) is 1. The number of fused-ring (bicyclic) bond motifs is 1. The average molecular weight is 298 g/mol. The molecule has 1 N–H and O–H groups in total. The molecule has 0 saturated carbocycles. The van der Waals surface area contributed by atoms with Crippen molar-refractivity contribution >= 4 is 33.7 Å². The van der Waals surface area contributed by atoms with E-state index in [2.05, 4.69) is 5.32 Å². The van der Waals surface area contributed by atoms with E-state index in [1.165, 1.54) is 4.57 Å². The molecule has 21 heavy (non-hydrogen) atoms. The summed E-state index contributed by atoms with van der Waals surface area (Å²) in [5.74, 6) is -0.244. The fraction of sp³-hybridized carbons (Fsp3) is 0.125. The second-order valence-corrected chi connectivity index (χ2v) is 5.78. The summed E-state index contributed by atoms with van der Waals surface area (Å²) < 4.78 is 1.49. The fourth-order valence-electron chi connectivity index (χ4n) is 2.24. The Labute approximate surface area is 125 Å². The number of carbonyl (C=O) groups excluding carboxylic acids is 1. The summed E-state index contributed by atoms with van der Waals surface area (Å²) in [5.41, 5.74) is 1.43. The van der Waals surface area contributed by atoms with E-state index in [1.807, 2.05) is 42.5 Å². The van der Waals surface area contributed by atoms with Gasteiger partial charge in [-0.3, -0.25) is 9.59 Å². The van der Waals surface area contributed by atoms with Crippen molar-refractivity contribution in [1.82, 2.24) is 4.57 Å². The summed E-state index contributed by atoms with van der Waals surface area (Å²) in [6, 6.07) is 13.6. The van der Waals surface area contributed by atoms with E-state index in [0.29, 0.717) is 10.6 Å². The van der Waals surface area contributed by atoms with Crippen molar-refractivity contribution < 1.29 is 4.79 Å². The maximum absolute atomic E-state index is 12.4.